The van der Waals surface area contributed by atoms with Crippen molar-refractivity contribution in [1.29, 1.82) is 0 Å². The summed E-state index contributed by atoms with van der Waals surface area (Å²) in [6.07, 6.45) is 0. The van der Waals surface area contributed by atoms with Crippen molar-refractivity contribution in [3.63, 3.8) is 0 Å². The zero-order valence-corrected chi connectivity index (χ0v) is 41.4. The molecule has 11 aromatic rings. The number of furan rings is 2. The molecule has 0 bridgehead atoms. The third-order valence-electron chi connectivity index (χ3n) is 16.7. The molecule has 0 fully saturated rings. The minimum Gasteiger partial charge on any atom is -0.455 e. The molecule has 3 heteroatoms. The molecule has 3 aliphatic rings. The average Bonchev–Trinajstić information content (AvgIpc) is 4.11. The third kappa shape index (κ3) is 5.30. The number of fused-ring (bicyclic) bond motifs is 19. The molecule has 2 heterocycles. The van der Waals surface area contributed by atoms with Crippen molar-refractivity contribution < 1.29 is 8.83 Å². The van der Waals surface area contributed by atoms with Gasteiger partial charge in [0.2, 0.25) is 0 Å². The Morgan fingerprint density at radius 1 is 0.371 bits per heavy atom. The second-order valence-corrected chi connectivity index (χ2v) is 22.8. The lowest BCUT2D eigenvalue weighted by atomic mass is 9.72. The smallest absolute Gasteiger partial charge is 0.144 e. The van der Waals surface area contributed by atoms with Crippen LogP contribution in [0.25, 0.3) is 88.4 Å². The SMILES string of the molecule is CC(C)(C)c1ccccc1-c1cc2c(c3c1oc1ccccc13)-c1ccc(N(c3ccccc3)c3ccc4c(c3)C(C)(C)c3c5c(c6oc7ccccc7c6c3-4)-c3ccccc3C5(C)C)cc1C2(C)C. The number of benzene rings is 9. The number of rotatable bonds is 4. The highest BCUT2D eigenvalue weighted by Gasteiger charge is 2.49. The van der Waals surface area contributed by atoms with Crippen molar-refractivity contribution in [1.82, 2.24) is 0 Å². The largest absolute Gasteiger partial charge is 0.455 e. The van der Waals surface area contributed by atoms with E-state index in [1.54, 1.807) is 0 Å². The predicted octanol–water partition coefficient (Wildman–Crippen LogP) is 18.8. The molecule has 70 heavy (non-hydrogen) atoms. The summed E-state index contributed by atoms with van der Waals surface area (Å²) >= 11 is 0. The van der Waals surface area contributed by atoms with Gasteiger partial charge in [-0.1, -0.05) is 178 Å². The van der Waals surface area contributed by atoms with E-state index >= 15 is 0 Å². The van der Waals surface area contributed by atoms with Gasteiger partial charge in [-0.2, -0.15) is 0 Å². The summed E-state index contributed by atoms with van der Waals surface area (Å²) in [4.78, 5) is 2.47. The molecule has 2 aromatic heterocycles. The predicted molar refractivity (Wildman–Crippen MR) is 293 cm³/mol. The summed E-state index contributed by atoms with van der Waals surface area (Å²) in [6.45, 7) is 21.5. The highest BCUT2D eigenvalue weighted by atomic mass is 16.3. The maximum atomic E-state index is 6.98. The van der Waals surface area contributed by atoms with Crippen LogP contribution in [0.1, 0.15) is 101 Å². The molecule has 3 nitrogen and oxygen atoms in total. The van der Waals surface area contributed by atoms with E-state index < -0.39 is 0 Å². The minimum absolute atomic E-state index is 0.0554. The second kappa shape index (κ2) is 13.8. The molecule has 9 aromatic carbocycles. The van der Waals surface area contributed by atoms with Gasteiger partial charge >= 0.3 is 0 Å². The summed E-state index contributed by atoms with van der Waals surface area (Å²) in [5, 5.41) is 4.75. The summed E-state index contributed by atoms with van der Waals surface area (Å²) in [7, 11) is 0. The zero-order chi connectivity index (χ0) is 47.8. The zero-order valence-electron chi connectivity index (χ0n) is 41.4. The third-order valence-corrected chi connectivity index (χ3v) is 16.7. The van der Waals surface area contributed by atoms with Crippen molar-refractivity contribution in [2.75, 3.05) is 4.90 Å². The molecule has 0 saturated heterocycles. The molecule has 0 aliphatic heterocycles. The standard InChI is InChI=1S/C67H55NO2/c1-64(2,3)48-27-17-13-23-41(48)47-37-52-55(57-45-25-15-19-29-53(45)69-62(47)57)43-33-31-39(35-50(43)65(52,4)5)68(38-21-11-10-12-22-38)40-32-34-44-51(36-40)67(8,9)60-56(44)58-46-26-16-20-30-54(46)70-63(58)59-42-24-14-18-28-49(42)66(6,7)61(59)60/h10-37H,1-9H3. The van der Waals surface area contributed by atoms with Gasteiger partial charge in [0.25, 0.3) is 0 Å². The Kier molecular flexibility index (Phi) is 8.15. The molecule has 14 rings (SSSR count). The molecule has 0 N–H and O–H groups in total. The lowest BCUT2D eigenvalue weighted by Gasteiger charge is -2.32. The Labute approximate surface area is 410 Å². The number of hydrogen-bond acceptors (Lipinski definition) is 3. The van der Waals surface area contributed by atoms with Gasteiger partial charge in [-0.05, 0) is 132 Å². The maximum absolute atomic E-state index is 6.98. The van der Waals surface area contributed by atoms with E-state index in [1.165, 1.54) is 94.0 Å². The fourth-order valence-corrected chi connectivity index (χ4v) is 13.5. The van der Waals surface area contributed by atoms with Gasteiger partial charge in [0.05, 0.1) is 0 Å². The molecule has 0 atom stereocenters. The van der Waals surface area contributed by atoms with Crippen LogP contribution in [0.5, 0.6) is 0 Å². The molecular weight excluding hydrogens is 851 g/mol. The molecule has 0 radical (unpaired) electrons. The molecular formula is C67H55NO2. The van der Waals surface area contributed by atoms with E-state index in [9.17, 15) is 0 Å². The van der Waals surface area contributed by atoms with Crippen LogP contribution in [-0.2, 0) is 21.7 Å². The molecule has 340 valence electrons. The molecule has 0 spiro atoms. The Morgan fingerprint density at radius 2 is 0.871 bits per heavy atom. The van der Waals surface area contributed by atoms with Gasteiger partial charge in [-0.3, -0.25) is 0 Å². The van der Waals surface area contributed by atoms with E-state index in [2.05, 4.69) is 237 Å². The highest BCUT2D eigenvalue weighted by molar-refractivity contribution is 6.21. The summed E-state index contributed by atoms with van der Waals surface area (Å²) in [5.74, 6) is 0. The maximum Gasteiger partial charge on any atom is 0.144 e. The van der Waals surface area contributed by atoms with Crippen LogP contribution in [0.4, 0.5) is 17.1 Å². The number of hydrogen-bond donors (Lipinski definition) is 0. The first-order chi connectivity index (χ1) is 33.7. The van der Waals surface area contributed by atoms with Crippen molar-refractivity contribution in [2.24, 2.45) is 0 Å². The van der Waals surface area contributed by atoms with Crippen LogP contribution in [0.15, 0.2) is 179 Å². The van der Waals surface area contributed by atoms with Crippen molar-refractivity contribution in [3.8, 4) is 44.5 Å². The number of anilines is 3. The number of para-hydroxylation sites is 3. The topological polar surface area (TPSA) is 29.5 Å². The van der Waals surface area contributed by atoms with Gasteiger partial charge < -0.3 is 13.7 Å². The quantitative estimate of drug-likeness (QED) is 0.176. The fraction of sp³-hybridized carbons (Fsp3) is 0.194. The Morgan fingerprint density at radius 3 is 1.54 bits per heavy atom. The van der Waals surface area contributed by atoms with Gasteiger partial charge in [-0.15, -0.1) is 0 Å². The van der Waals surface area contributed by atoms with E-state index in [0.717, 1.165) is 50.3 Å². The first-order valence-corrected chi connectivity index (χ1v) is 25.0. The van der Waals surface area contributed by atoms with Crippen LogP contribution < -0.4 is 4.90 Å². The van der Waals surface area contributed by atoms with Crippen LogP contribution in [0.3, 0.4) is 0 Å². The molecule has 0 amide bonds. The summed E-state index contributed by atoms with van der Waals surface area (Å²) in [5.41, 5.74) is 25.8. The molecule has 3 aliphatic carbocycles. The summed E-state index contributed by atoms with van der Waals surface area (Å²) < 4.78 is 13.9. The van der Waals surface area contributed by atoms with E-state index in [4.69, 9.17) is 8.83 Å². The first-order valence-electron chi connectivity index (χ1n) is 25.0. The Hall–Kier alpha value is -7.62. The first kappa shape index (κ1) is 41.4. The van der Waals surface area contributed by atoms with Crippen molar-refractivity contribution in [2.45, 2.75) is 84.0 Å². The fourth-order valence-electron chi connectivity index (χ4n) is 13.5. The van der Waals surface area contributed by atoms with Gasteiger partial charge in [0.15, 0.2) is 0 Å². The highest BCUT2D eigenvalue weighted by Crippen LogP contribution is 2.64. The average molecular weight is 906 g/mol. The molecule has 0 saturated carbocycles. The van der Waals surface area contributed by atoms with Crippen LogP contribution in [0.2, 0.25) is 0 Å². The van der Waals surface area contributed by atoms with Gasteiger partial charge in [0.1, 0.15) is 22.3 Å². The van der Waals surface area contributed by atoms with Crippen LogP contribution in [-0.4, -0.2) is 0 Å². The van der Waals surface area contributed by atoms with Crippen molar-refractivity contribution in [3.05, 3.63) is 209 Å². The van der Waals surface area contributed by atoms with E-state index in [0.29, 0.717) is 0 Å². The summed E-state index contributed by atoms with van der Waals surface area (Å²) in [6, 6.07) is 62.9. The van der Waals surface area contributed by atoms with Gasteiger partial charge in [-0.25, -0.2) is 0 Å². The van der Waals surface area contributed by atoms with E-state index in [-0.39, 0.29) is 21.7 Å². The van der Waals surface area contributed by atoms with Crippen LogP contribution >= 0.6 is 0 Å². The Balaban J connectivity index is 0.978. The lowest BCUT2D eigenvalue weighted by Crippen LogP contribution is -2.24. The van der Waals surface area contributed by atoms with Crippen LogP contribution in [0, 0.1) is 0 Å². The Bertz CT molecular complexity index is 4070. The number of nitrogens with zero attached hydrogens (tertiary/aromatic N) is 1. The second-order valence-electron chi connectivity index (χ2n) is 22.8. The molecule has 0 unspecified atom stereocenters. The monoisotopic (exact) mass is 905 g/mol. The normalized spacial score (nSPS) is 15.6. The minimum atomic E-state index is -0.317. The lowest BCUT2D eigenvalue weighted by molar-refractivity contribution is 0.591. The van der Waals surface area contributed by atoms with Gasteiger partial charge in [0, 0.05) is 66.0 Å². The van der Waals surface area contributed by atoms with E-state index in [1.807, 2.05) is 0 Å². The van der Waals surface area contributed by atoms with Crippen molar-refractivity contribution >= 4 is 60.9 Å².